The molecule has 20 heavy (non-hydrogen) atoms. The predicted octanol–water partition coefficient (Wildman–Crippen LogP) is 2.33. The summed E-state index contributed by atoms with van der Waals surface area (Å²) in [5, 5.41) is 5.06. The largest absolute Gasteiger partial charge is 0.398 e. The van der Waals surface area contributed by atoms with Crippen LogP contribution in [-0.2, 0) is 4.74 Å². The quantitative estimate of drug-likeness (QED) is 0.823. The van der Waals surface area contributed by atoms with Gasteiger partial charge in [0.05, 0.1) is 18.2 Å². The lowest BCUT2D eigenvalue weighted by Crippen LogP contribution is -2.40. The van der Waals surface area contributed by atoms with Crippen molar-refractivity contribution in [2.24, 2.45) is 0 Å². The summed E-state index contributed by atoms with van der Waals surface area (Å²) < 4.78 is 5.37. The molecule has 0 aliphatic carbocycles. The molecule has 1 unspecified atom stereocenters. The Bertz CT molecular complexity index is 633. The number of carbonyl (C=O) groups excluding carboxylic acids is 1. The summed E-state index contributed by atoms with van der Waals surface area (Å²) in [6.07, 6.45) is 1.94. The van der Waals surface area contributed by atoms with Gasteiger partial charge in [-0.25, -0.2) is 0 Å². The molecule has 0 bridgehead atoms. The Kier molecular flexibility index (Phi) is 3.56. The SMILES string of the molecule is Nc1cc2ccccc2cc1C(=O)NC1CCCOC1. The minimum atomic E-state index is -0.122. The van der Waals surface area contributed by atoms with E-state index in [9.17, 15) is 4.79 Å². The predicted molar refractivity (Wildman–Crippen MR) is 79.7 cm³/mol. The van der Waals surface area contributed by atoms with Crippen LogP contribution in [0.2, 0.25) is 0 Å². The first-order chi connectivity index (χ1) is 9.74. The van der Waals surface area contributed by atoms with Gasteiger partial charge in [-0.1, -0.05) is 24.3 Å². The van der Waals surface area contributed by atoms with E-state index < -0.39 is 0 Å². The van der Waals surface area contributed by atoms with Crippen molar-refractivity contribution in [1.82, 2.24) is 5.32 Å². The van der Waals surface area contributed by atoms with Crippen LogP contribution in [0.25, 0.3) is 10.8 Å². The number of carbonyl (C=O) groups is 1. The summed E-state index contributed by atoms with van der Waals surface area (Å²) >= 11 is 0. The number of anilines is 1. The molecule has 2 aromatic carbocycles. The molecule has 0 radical (unpaired) electrons. The topological polar surface area (TPSA) is 64.4 Å². The van der Waals surface area contributed by atoms with E-state index in [0.29, 0.717) is 17.9 Å². The number of nitrogens with two attached hydrogens (primary N) is 1. The Balaban J connectivity index is 1.84. The number of amides is 1. The van der Waals surface area contributed by atoms with Crippen molar-refractivity contribution in [3.63, 3.8) is 0 Å². The van der Waals surface area contributed by atoms with Gasteiger partial charge in [-0.15, -0.1) is 0 Å². The average Bonchev–Trinajstić information content (AvgIpc) is 2.47. The Hall–Kier alpha value is -2.07. The van der Waals surface area contributed by atoms with Gasteiger partial charge in [0.1, 0.15) is 0 Å². The third-order valence-corrected chi connectivity index (χ3v) is 3.66. The van der Waals surface area contributed by atoms with Crippen LogP contribution in [0.1, 0.15) is 23.2 Å². The normalized spacial score (nSPS) is 18.9. The van der Waals surface area contributed by atoms with E-state index in [1.54, 1.807) is 0 Å². The number of nitrogen functional groups attached to an aromatic ring is 1. The Morgan fingerprint density at radius 1 is 1.25 bits per heavy atom. The van der Waals surface area contributed by atoms with Crippen LogP contribution in [0, 0.1) is 0 Å². The van der Waals surface area contributed by atoms with E-state index in [4.69, 9.17) is 10.5 Å². The zero-order chi connectivity index (χ0) is 13.9. The Morgan fingerprint density at radius 2 is 2.00 bits per heavy atom. The number of ether oxygens (including phenoxy) is 1. The molecule has 0 spiro atoms. The summed E-state index contributed by atoms with van der Waals surface area (Å²) in [6, 6.07) is 11.7. The van der Waals surface area contributed by atoms with Crippen LogP contribution in [-0.4, -0.2) is 25.2 Å². The summed E-state index contributed by atoms with van der Waals surface area (Å²) in [5.74, 6) is -0.122. The highest BCUT2D eigenvalue weighted by molar-refractivity contribution is 6.04. The van der Waals surface area contributed by atoms with E-state index in [1.165, 1.54) is 0 Å². The van der Waals surface area contributed by atoms with E-state index >= 15 is 0 Å². The molecule has 3 rings (SSSR count). The summed E-state index contributed by atoms with van der Waals surface area (Å²) in [6.45, 7) is 1.36. The van der Waals surface area contributed by atoms with Crippen LogP contribution < -0.4 is 11.1 Å². The minimum absolute atomic E-state index is 0.0853. The van der Waals surface area contributed by atoms with Gasteiger partial charge in [0.15, 0.2) is 0 Å². The lowest BCUT2D eigenvalue weighted by atomic mass is 10.0. The van der Waals surface area contributed by atoms with E-state index in [-0.39, 0.29) is 11.9 Å². The molecule has 1 fully saturated rings. The third kappa shape index (κ3) is 2.60. The zero-order valence-corrected chi connectivity index (χ0v) is 11.3. The molecule has 0 aromatic heterocycles. The van der Waals surface area contributed by atoms with E-state index in [0.717, 1.165) is 30.2 Å². The number of rotatable bonds is 2. The number of hydrogen-bond donors (Lipinski definition) is 2. The lowest BCUT2D eigenvalue weighted by molar-refractivity contribution is 0.0624. The highest BCUT2D eigenvalue weighted by atomic mass is 16.5. The second-order valence-electron chi connectivity index (χ2n) is 5.17. The molecular weight excluding hydrogens is 252 g/mol. The maximum Gasteiger partial charge on any atom is 0.253 e. The van der Waals surface area contributed by atoms with Crippen molar-refractivity contribution < 1.29 is 9.53 Å². The zero-order valence-electron chi connectivity index (χ0n) is 11.3. The van der Waals surface area contributed by atoms with E-state index in [2.05, 4.69) is 5.32 Å². The van der Waals surface area contributed by atoms with Gasteiger partial charge in [-0.2, -0.15) is 0 Å². The van der Waals surface area contributed by atoms with Crippen LogP contribution in [0.3, 0.4) is 0 Å². The molecule has 3 N–H and O–H groups in total. The van der Waals surface area contributed by atoms with Crippen LogP contribution in [0.5, 0.6) is 0 Å². The van der Waals surface area contributed by atoms with Gasteiger partial charge in [-0.05, 0) is 35.7 Å². The molecule has 4 nitrogen and oxygen atoms in total. The fourth-order valence-electron chi connectivity index (χ4n) is 2.57. The summed E-state index contributed by atoms with van der Waals surface area (Å²) in [7, 11) is 0. The molecule has 4 heteroatoms. The van der Waals surface area contributed by atoms with Gasteiger partial charge in [0.25, 0.3) is 5.91 Å². The summed E-state index contributed by atoms with van der Waals surface area (Å²) in [4.78, 5) is 12.3. The highest BCUT2D eigenvalue weighted by Gasteiger charge is 2.18. The van der Waals surface area contributed by atoms with Gasteiger partial charge < -0.3 is 15.8 Å². The van der Waals surface area contributed by atoms with Gasteiger partial charge in [0.2, 0.25) is 0 Å². The number of nitrogens with one attached hydrogen (secondary N) is 1. The van der Waals surface area contributed by atoms with Gasteiger partial charge >= 0.3 is 0 Å². The average molecular weight is 270 g/mol. The molecule has 104 valence electrons. The first-order valence-electron chi connectivity index (χ1n) is 6.91. The van der Waals surface area contributed by atoms with Gasteiger partial charge in [0, 0.05) is 12.3 Å². The molecule has 1 amide bonds. The number of benzene rings is 2. The minimum Gasteiger partial charge on any atom is -0.398 e. The second kappa shape index (κ2) is 5.51. The van der Waals surface area contributed by atoms with Gasteiger partial charge in [-0.3, -0.25) is 4.79 Å². The monoisotopic (exact) mass is 270 g/mol. The van der Waals surface area contributed by atoms with Crippen molar-refractivity contribution in [1.29, 1.82) is 0 Å². The van der Waals surface area contributed by atoms with Crippen molar-refractivity contribution >= 4 is 22.4 Å². The molecule has 1 saturated heterocycles. The van der Waals surface area contributed by atoms with E-state index in [1.807, 2.05) is 36.4 Å². The molecule has 0 saturated carbocycles. The first-order valence-corrected chi connectivity index (χ1v) is 6.91. The molecule has 1 aliphatic heterocycles. The molecule has 1 aliphatic rings. The Labute approximate surface area is 117 Å². The van der Waals surface area contributed by atoms with Crippen LogP contribution in [0.4, 0.5) is 5.69 Å². The molecular formula is C16H18N2O2. The number of fused-ring (bicyclic) bond motifs is 1. The fraction of sp³-hybridized carbons (Fsp3) is 0.312. The molecule has 1 atom stereocenters. The fourth-order valence-corrected chi connectivity index (χ4v) is 2.57. The smallest absolute Gasteiger partial charge is 0.253 e. The van der Waals surface area contributed by atoms with Crippen molar-refractivity contribution in [2.75, 3.05) is 18.9 Å². The standard InChI is InChI=1S/C16H18N2O2/c17-15-9-12-5-2-1-4-11(12)8-14(15)16(19)18-13-6-3-7-20-10-13/h1-2,4-5,8-9,13H,3,6-7,10,17H2,(H,18,19). The lowest BCUT2D eigenvalue weighted by Gasteiger charge is -2.23. The van der Waals surface area contributed by atoms with Crippen LogP contribution in [0.15, 0.2) is 36.4 Å². The third-order valence-electron chi connectivity index (χ3n) is 3.66. The van der Waals surface area contributed by atoms with Crippen molar-refractivity contribution in [3.8, 4) is 0 Å². The Morgan fingerprint density at radius 3 is 2.70 bits per heavy atom. The molecule has 1 heterocycles. The highest BCUT2D eigenvalue weighted by Crippen LogP contribution is 2.22. The number of hydrogen-bond acceptors (Lipinski definition) is 3. The molecule has 2 aromatic rings. The maximum atomic E-state index is 12.3. The summed E-state index contributed by atoms with van der Waals surface area (Å²) in [5.41, 5.74) is 7.05. The van der Waals surface area contributed by atoms with Crippen LogP contribution >= 0.6 is 0 Å². The van der Waals surface area contributed by atoms with Crippen molar-refractivity contribution in [3.05, 3.63) is 42.0 Å². The van der Waals surface area contributed by atoms with Crippen molar-refractivity contribution in [2.45, 2.75) is 18.9 Å². The first kappa shape index (κ1) is 12.9. The maximum absolute atomic E-state index is 12.3. The second-order valence-corrected chi connectivity index (χ2v) is 5.17.